The van der Waals surface area contributed by atoms with E-state index in [0.717, 1.165) is 36.1 Å². The minimum absolute atomic E-state index is 0.768. The van der Waals surface area contributed by atoms with Gasteiger partial charge in [0.1, 0.15) is 0 Å². The minimum atomic E-state index is 0.768. The van der Waals surface area contributed by atoms with Crippen LogP contribution in [0.5, 0.6) is 0 Å². The average Bonchev–Trinajstić information content (AvgIpc) is 2.46. The van der Waals surface area contributed by atoms with Crippen LogP contribution in [0, 0.1) is 0 Å². The Hall–Kier alpha value is -2.02. The Morgan fingerprint density at radius 2 is 1.90 bits per heavy atom. The predicted molar refractivity (Wildman–Crippen MR) is 96.9 cm³/mol. The van der Waals surface area contributed by atoms with Gasteiger partial charge in [0.25, 0.3) is 0 Å². The zero-order valence-electron chi connectivity index (χ0n) is 13.7. The summed E-state index contributed by atoms with van der Waals surface area (Å²) in [6.45, 7) is 13.8. The van der Waals surface area contributed by atoms with Gasteiger partial charge in [0.2, 0.25) is 0 Å². The molecule has 0 unspecified atom stereocenters. The maximum absolute atomic E-state index is 6.23. The van der Waals surface area contributed by atoms with E-state index in [9.17, 15) is 0 Å². The van der Waals surface area contributed by atoms with Crippen molar-refractivity contribution in [2.75, 3.05) is 0 Å². The lowest BCUT2D eigenvalue weighted by Crippen LogP contribution is -2.03. The topological polar surface area (TPSA) is 26.0 Å². The van der Waals surface area contributed by atoms with Crippen molar-refractivity contribution in [3.05, 3.63) is 84.2 Å². The second kappa shape index (κ2) is 11.8. The summed E-state index contributed by atoms with van der Waals surface area (Å²) in [6.07, 6.45) is 19.2. The molecule has 0 spiro atoms. The van der Waals surface area contributed by atoms with E-state index in [0.29, 0.717) is 0 Å². The van der Waals surface area contributed by atoms with Gasteiger partial charge in [-0.05, 0) is 55.9 Å². The third-order valence-electron chi connectivity index (χ3n) is 2.99. The number of nitrogens with two attached hydrogens (primary N) is 1. The quantitative estimate of drug-likeness (QED) is 0.534. The summed E-state index contributed by atoms with van der Waals surface area (Å²) >= 11 is 0. The summed E-state index contributed by atoms with van der Waals surface area (Å²) < 4.78 is 0. The van der Waals surface area contributed by atoms with Crippen LogP contribution in [0.2, 0.25) is 0 Å². The normalized spacial score (nSPS) is 14.1. The Kier molecular flexibility index (Phi) is 10.6. The highest BCUT2D eigenvalue weighted by Crippen LogP contribution is 2.18. The monoisotopic (exact) mass is 283 g/mol. The molecule has 0 heterocycles. The fraction of sp³-hybridized carbons (Fsp3) is 0.300. The van der Waals surface area contributed by atoms with E-state index in [1.807, 2.05) is 38.2 Å². The van der Waals surface area contributed by atoms with E-state index in [-0.39, 0.29) is 0 Å². The first-order valence-corrected chi connectivity index (χ1v) is 7.49. The third kappa shape index (κ3) is 8.69. The van der Waals surface area contributed by atoms with Crippen LogP contribution in [-0.4, -0.2) is 0 Å². The molecule has 1 heteroatoms. The molecule has 0 aromatic carbocycles. The molecule has 0 aliphatic heterocycles. The fourth-order valence-electron chi connectivity index (χ4n) is 1.81. The molecule has 0 fully saturated rings. The van der Waals surface area contributed by atoms with Gasteiger partial charge in [0.05, 0.1) is 0 Å². The molecule has 114 valence electrons. The van der Waals surface area contributed by atoms with Gasteiger partial charge in [-0.2, -0.15) is 0 Å². The molecule has 0 rings (SSSR count). The molecule has 2 N–H and O–H groups in total. The molecule has 0 aliphatic carbocycles. The van der Waals surface area contributed by atoms with E-state index in [2.05, 4.69) is 38.3 Å². The second-order valence-corrected chi connectivity index (χ2v) is 4.86. The van der Waals surface area contributed by atoms with Gasteiger partial charge >= 0.3 is 0 Å². The molecule has 1 nitrogen and oxygen atoms in total. The molecule has 0 saturated heterocycles. The SMILES string of the molecule is C=C/C=C\CCC(=C/C)/C=C(N)/C(=C/C=C\CC)C(=C)C. The van der Waals surface area contributed by atoms with Crippen LogP contribution in [-0.2, 0) is 0 Å². The minimum Gasteiger partial charge on any atom is -0.398 e. The standard InChI is InChI=1S/C20H29N/c1-6-9-11-13-14-18(8-3)16-20(21)19(17(4)5)15-12-10-7-2/h6,8-12,15-16H,1,4,7,13-14,21H2,2-3,5H3/b11-9-,12-10-,18-8-,19-15+,20-16-. The molecule has 0 aromatic heterocycles. The van der Waals surface area contributed by atoms with Crippen molar-refractivity contribution in [3.8, 4) is 0 Å². The van der Waals surface area contributed by atoms with Crippen molar-refractivity contribution < 1.29 is 0 Å². The van der Waals surface area contributed by atoms with Crippen molar-refractivity contribution in [2.45, 2.75) is 40.0 Å². The van der Waals surface area contributed by atoms with Crippen LogP contribution in [0.25, 0.3) is 0 Å². The highest BCUT2D eigenvalue weighted by Gasteiger charge is 2.02. The summed E-state index contributed by atoms with van der Waals surface area (Å²) in [6, 6.07) is 0. The van der Waals surface area contributed by atoms with Gasteiger partial charge in [-0.1, -0.05) is 62.6 Å². The Morgan fingerprint density at radius 1 is 1.19 bits per heavy atom. The van der Waals surface area contributed by atoms with Crippen molar-refractivity contribution in [1.82, 2.24) is 0 Å². The Bertz CT molecular complexity index is 482. The van der Waals surface area contributed by atoms with Gasteiger partial charge < -0.3 is 5.73 Å². The molecule has 0 radical (unpaired) electrons. The van der Waals surface area contributed by atoms with E-state index < -0.39 is 0 Å². The number of hydrogen-bond acceptors (Lipinski definition) is 1. The average molecular weight is 283 g/mol. The predicted octanol–water partition coefficient (Wildman–Crippen LogP) is 5.77. The maximum atomic E-state index is 6.23. The molecular formula is C20H29N. The lowest BCUT2D eigenvalue weighted by Gasteiger charge is -2.08. The summed E-state index contributed by atoms with van der Waals surface area (Å²) in [4.78, 5) is 0. The molecular weight excluding hydrogens is 254 g/mol. The fourth-order valence-corrected chi connectivity index (χ4v) is 1.81. The Morgan fingerprint density at radius 3 is 2.43 bits per heavy atom. The van der Waals surface area contributed by atoms with Crippen LogP contribution in [0.4, 0.5) is 0 Å². The van der Waals surface area contributed by atoms with E-state index in [4.69, 9.17) is 5.73 Å². The Labute approximate surface area is 130 Å². The highest BCUT2D eigenvalue weighted by molar-refractivity contribution is 5.47. The van der Waals surface area contributed by atoms with E-state index in [1.54, 1.807) is 6.08 Å². The van der Waals surface area contributed by atoms with Crippen LogP contribution < -0.4 is 5.73 Å². The maximum Gasteiger partial charge on any atom is 0.0392 e. The molecule has 21 heavy (non-hydrogen) atoms. The van der Waals surface area contributed by atoms with Gasteiger partial charge in [-0.3, -0.25) is 0 Å². The lowest BCUT2D eigenvalue weighted by molar-refractivity contribution is 0.998. The van der Waals surface area contributed by atoms with Crippen LogP contribution in [0.1, 0.15) is 40.0 Å². The molecule has 0 amide bonds. The molecule has 0 aliphatic rings. The van der Waals surface area contributed by atoms with Crippen molar-refractivity contribution >= 4 is 0 Å². The van der Waals surface area contributed by atoms with Gasteiger partial charge in [0.15, 0.2) is 0 Å². The first-order chi connectivity index (χ1) is 10.1. The van der Waals surface area contributed by atoms with Crippen LogP contribution in [0.3, 0.4) is 0 Å². The van der Waals surface area contributed by atoms with E-state index >= 15 is 0 Å². The molecule has 0 atom stereocenters. The van der Waals surface area contributed by atoms with Crippen LogP contribution in [0.15, 0.2) is 84.2 Å². The lowest BCUT2D eigenvalue weighted by atomic mass is 10.0. The molecule has 0 bridgehead atoms. The van der Waals surface area contributed by atoms with Crippen molar-refractivity contribution in [1.29, 1.82) is 0 Å². The van der Waals surface area contributed by atoms with Gasteiger partial charge in [0, 0.05) is 5.70 Å². The van der Waals surface area contributed by atoms with Crippen molar-refractivity contribution in [2.24, 2.45) is 5.73 Å². The summed E-state index contributed by atoms with van der Waals surface area (Å²) in [5.41, 5.74) is 10.2. The number of rotatable bonds is 9. The molecule has 0 saturated carbocycles. The zero-order chi connectivity index (χ0) is 16.1. The highest BCUT2D eigenvalue weighted by atomic mass is 14.6. The summed E-state index contributed by atoms with van der Waals surface area (Å²) in [7, 11) is 0. The van der Waals surface area contributed by atoms with Gasteiger partial charge in [-0.15, -0.1) is 0 Å². The van der Waals surface area contributed by atoms with Crippen LogP contribution >= 0.6 is 0 Å². The summed E-state index contributed by atoms with van der Waals surface area (Å²) in [5.74, 6) is 0. The van der Waals surface area contributed by atoms with Gasteiger partial charge in [-0.25, -0.2) is 0 Å². The number of allylic oxidation sites excluding steroid dienone is 10. The van der Waals surface area contributed by atoms with Crippen molar-refractivity contribution in [3.63, 3.8) is 0 Å². The Balaban J connectivity index is 5.04. The first kappa shape index (κ1) is 19.0. The molecule has 0 aromatic rings. The third-order valence-corrected chi connectivity index (χ3v) is 2.99. The zero-order valence-corrected chi connectivity index (χ0v) is 13.7. The first-order valence-electron chi connectivity index (χ1n) is 7.49. The smallest absolute Gasteiger partial charge is 0.0392 e. The number of hydrogen-bond donors (Lipinski definition) is 1. The van der Waals surface area contributed by atoms with E-state index in [1.165, 1.54) is 5.57 Å². The largest absolute Gasteiger partial charge is 0.398 e. The summed E-state index contributed by atoms with van der Waals surface area (Å²) in [5, 5.41) is 0. The second-order valence-electron chi connectivity index (χ2n) is 4.86.